The van der Waals surface area contributed by atoms with Gasteiger partial charge in [0, 0.05) is 10.5 Å². The van der Waals surface area contributed by atoms with Crippen LogP contribution in [0.5, 0.6) is 0 Å². The van der Waals surface area contributed by atoms with Crippen molar-refractivity contribution in [2.24, 2.45) is 0 Å². The van der Waals surface area contributed by atoms with Crippen LogP contribution < -0.4 is 9.80 Å². The molecule has 2 saturated heterocycles. The van der Waals surface area contributed by atoms with Gasteiger partial charge in [-0.05, 0) is 29.8 Å². The first-order valence-corrected chi connectivity index (χ1v) is 12.4. The molecular formula is C22H30N2O3S2+2. The average Bonchev–Trinajstić information content (AvgIpc) is 3.33. The van der Waals surface area contributed by atoms with E-state index in [1.807, 2.05) is 17.5 Å². The fourth-order valence-electron chi connectivity index (χ4n) is 4.51. The molecule has 1 aromatic carbocycles. The van der Waals surface area contributed by atoms with E-state index in [1.165, 1.54) is 20.3 Å². The maximum absolute atomic E-state index is 13.8. The average molecular weight is 435 g/mol. The van der Waals surface area contributed by atoms with Crippen molar-refractivity contribution in [3.63, 3.8) is 0 Å². The summed E-state index contributed by atoms with van der Waals surface area (Å²) in [6.07, 6.45) is 2.10. The predicted molar refractivity (Wildman–Crippen MR) is 116 cm³/mol. The number of hydrogen-bond acceptors (Lipinski definition) is 5. The highest BCUT2D eigenvalue weighted by atomic mass is 32.2. The smallest absolute Gasteiger partial charge is 0.236 e. The van der Waals surface area contributed by atoms with E-state index < -0.39 is 0 Å². The summed E-state index contributed by atoms with van der Waals surface area (Å²) in [5, 5.41) is 2.00. The van der Waals surface area contributed by atoms with Crippen molar-refractivity contribution in [2.75, 3.05) is 58.9 Å². The fraction of sp³-hybridized carbons (Fsp3) is 0.500. The van der Waals surface area contributed by atoms with Crippen molar-refractivity contribution < 1.29 is 24.1 Å². The summed E-state index contributed by atoms with van der Waals surface area (Å²) >= 11 is 3.31. The van der Waals surface area contributed by atoms with Gasteiger partial charge in [-0.2, -0.15) is 0 Å². The Morgan fingerprint density at radius 3 is 2.14 bits per heavy atom. The first kappa shape index (κ1) is 21.0. The van der Waals surface area contributed by atoms with E-state index in [0.717, 1.165) is 57.5 Å². The van der Waals surface area contributed by atoms with Crippen LogP contribution in [-0.4, -0.2) is 70.7 Å². The largest absolute Gasteiger partial charge is 0.370 e. The molecule has 2 aromatic rings. The number of thioether (sulfide) groups is 1. The monoisotopic (exact) mass is 434 g/mol. The molecule has 2 atom stereocenters. The van der Waals surface area contributed by atoms with Gasteiger partial charge in [0.25, 0.3) is 0 Å². The minimum atomic E-state index is -0.106. The molecule has 0 amide bonds. The van der Waals surface area contributed by atoms with Gasteiger partial charge in [-0.3, -0.25) is 4.79 Å². The van der Waals surface area contributed by atoms with Gasteiger partial charge in [0.1, 0.15) is 26.2 Å². The van der Waals surface area contributed by atoms with Crippen LogP contribution in [0.1, 0.15) is 21.3 Å². The lowest BCUT2D eigenvalue weighted by Crippen LogP contribution is -3.25. The standard InChI is InChI=1S/C22H28N2O3S2/c1-28-18-6-4-17(5-7-18)20(23-8-12-26-13-9-23)21(24-10-14-27-15-11-24)22(25)19-3-2-16-29-19/h2-7,16,20-21H,8-15H2,1H3/p+2/t20-,21-/m1/s1. The number of thiophene rings is 1. The number of hydrogen-bond donors (Lipinski definition) is 2. The third-order valence-electron chi connectivity index (χ3n) is 6.00. The Balaban J connectivity index is 1.74. The van der Waals surface area contributed by atoms with Crippen molar-refractivity contribution in [1.82, 2.24) is 0 Å². The van der Waals surface area contributed by atoms with Crippen molar-refractivity contribution in [1.29, 1.82) is 0 Å². The van der Waals surface area contributed by atoms with E-state index in [4.69, 9.17) is 9.47 Å². The van der Waals surface area contributed by atoms with Gasteiger partial charge >= 0.3 is 0 Å². The lowest BCUT2D eigenvalue weighted by atomic mass is 9.91. The van der Waals surface area contributed by atoms with Crippen LogP contribution in [0.25, 0.3) is 0 Å². The molecule has 2 aliphatic heterocycles. The lowest BCUT2D eigenvalue weighted by molar-refractivity contribution is -0.999. The maximum atomic E-state index is 13.8. The van der Waals surface area contributed by atoms with Crippen LogP contribution in [0.3, 0.4) is 0 Å². The van der Waals surface area contributed by atoms with Gasteiger partial charge in [-0.15, -0.1) is 23.1 Å². The molecular weight excluding hydrogens is 404 g/mol. The third-order valence-corrected chi connectivity index (χ3v) is 7.63. The molecule has 7 heteroatoms. The van der Waals surface area contributed by atoms with E-state index in [-0.39, 0.29) is 17.9 Å². The molecule has 0 saturated carbocycles. The number of nitrogens with one attached hydrogen (secondary N) is 2. The summed E-state index contributed by atoms with van der Waals surface area (Å²) in [6, 6.07) is 12.8. The second kappa shape index (κ2) is 10.2. The van der Waals surface area contributed by atoms with E-state index in [0.29, 0.717) is 0 Å². The number of rotatable bonds is 7. The zero-order valence-corrected chi connectivity index (χ0v) is 18.5. The topological polar surface area (TPSA) is 44.4 Å². The molecule has 4 rings (SSSR count). The van der Waals surface area contributed by atoms with Crippen LogP contribution in [0.2, 0.25) is 0 Å². The second-order valence-corrected chi connectivity index (χ2v) is 9.44. The van der Waals surface area contributed by atoms with Gasteiger partial charge in [-0.25, -0.2) is 0 Å². The Hall–Kier alpha value is -1.22. The molecule has 1 aromatic heterocycles. The molecule has 5 nitrogen and oxygen atoms in total. The number of morpholine rings is 2. The van der Waals surface area contributed by atoms with Crippen molar-refractivity contribution in [3.05, 3.63) is 52.2 Å². The van der Waals surface area contributed by atoms with Gasteiger partial charge < -0.3 is 19.3 Å². The van der Waals surface area contributed by atoms with Crippen LogP contribution in [0, 0.1) is 0 Å². The van der Waals surface area contributed by atoms with Crippen LogP contribution in [0.15, 0.2) is 46.7 Å². The first-order chi connectivity index (χ1) is 14.3. The Labute approximate surface area is 181 Å². The number of carbonyl (C=O) groups is 1. The Morgan fingerprint density at radius 1 is 0.966 bits per heavy atom. The van der Waals surface area contributed by atoms with Crippen LogP contribution >= 0.6 is 23.1 Å². The molecule has 2 aliphatic rings. The number of quaternary nitrogens is 2. The predicted octanol–water partition coefficient (Wildman–Crippen LogP) is 0.593. The molecule has 156 valence electrons. The van der Waals surface area contributed by atoms with Gasteiger partial charge in [-0.1, -0.05) is 18.2 Å². The van der Waals surface area contributed by atoms with E-state index in [9.17, 15) is 4.79 Å². The SMILES string of the molecule is CSc1ccc([C@H]([C@H](C(=O)c2cccs2)[NH+]2CCOCC2)[NH+]2CCOCC2)cc1. The Morgan fingerprint density at radius 2 is 1.59 bits per heavy atom. The summed E-state index contributed by atoms with van der Waals surface area (Å²) < 4.78 is 11.3. The summed E-state index contributed by atoms with van der Waals surface area (Å²) in [5.41, 5.74) is 1.26. The number of Topliss-reactive ketones (excluding diaryl/α,β-unsaturated/α-hetero) is 1. The zero-order chi connectivity index (χ0) is 20.1. The lowest BCUT2D eigenvalue weighted by Gasteiger charge is -2.39. The Bertz CT molecular complexity index is 770. The second-order valence-electron chi connectivity index (χ2n) is 7.61. The highest BCUT2D eigenvalue weighted by Gasteiger charge is 2.46. The molecule has 0 spiro atoms. The van der Waals surface area contributed by atoms with Gasteiger partial charge in [0.05, 0.1) is 31.3 Å². The minimum absolute atomic E-state index is 0.106. The van der Waals surface area contributed by atoms with Gasteiger partial charge in [0.15, 0.2) is 6.04 Å². The molecule has 0 bridgehead atoms. The van der Waals surface area contributed by atoms with Crippen LogP contribution in [-0.2, 0) is 9.47 Å². The normalized spacial score (nSPS) is 21.0. The molecule has 2 N–H and O–H groups in total. The fourth-order valence-corrected chi connectivity index (χ4v) is 5.62. The molecule has 0 radical (unpaired) electrons. The van der Waals surface area contributed by atoms with E-state index >= 15 is 0 Å². The third kappa shape index (κ3) is 4.93. The van der Waals surface area contributed by atoms with Crippen LogP contribution in [0.4, 0.5) is 0 Å². The summed E-state index contributed by atoms with van der Waals surface area (Å²) in [6.45, 7) is 6.59. The molecule has 0 aliphatic carbocycles. The first-order valence-electron chi connectivity index (χ1n) is 10.3. The summed E-state index contributed by atoms with van der Waals surface area (Å²) in [7, 11) is 0. The van der Waals surface area contributed by atoms with E-state index in [2.05, 4.69) is 30.5 Å². The number of ketones is 1. The zero-order valence-electron chi connectivity index (χ0n) is 16.9. The van der Waals surface area contributed by atoms with Crippen molar-refractivity contribution >= 4 is 28.9 Å². The van der Waals surface area contributed by atoms with Gasteiger partial charge in [0.2, 0.25) is 11.8 Å². The highest BCUT2D eigenvalue weighted by Crippen LogP contribution is 2.22. The quantitative estimate of drug-likeness (QED) is 0.495. The van der Waals surface area contributed by atoms with Crippen molar-refractivity contribution in [3.8, 4) is 0 Å². The number of ether oxygens (including phenoxy) is 2. The molecule has 29 heavy (non-hydrogen) atoms. The molecule has 3 heterocycles. The number of benzene rings is 1. The Kier molecular flexibility index (Phi) is 7.39. The van der Waals surface area contributed by atoms with E-state index in [1.54, 1.807) is 23.1 Å². The van der Waals surface area contributed by atoms with Crippen molar-refractivity contribution in [2.45, 2.75) is 17.0 Å². The summed E-state index contributed by atoms with van der Waals surface area (Å²) in [4.78, 5) is 18.7. The highest BCUT2D eigenvalue weighted by molar-refractivity contribution is 7.98. The summed E-state index contributed by atoms with van der Waals surface area (Å²) in [5.74, 6) is 0.273. The minimum Gasteiger partial charge on any atom is -0.370 e. The molecule has 0 unspecified atom stereocenters. The molecule has 2 fully saturated rings. The maximum Gasteiger partial charge on any atom is 0.236 e. The number of carbonyl (C=O) groups excluding carboxylic acids is 1.